The monoisotopic (exact) mass is 319 g/mol. The summed E-state index contributed by atoms with van der Waals surface area (Å²) in [5, 5.41) is 8.60. The number of urea groups is 1. The molecule has 0 aromatic carbocycles. The number of likely N-dealkylation sites (tertiary alicyclic amines) is 1. The van der Waals surface area contributed by atoms with Crippen LogP contribution in [0.4, 0.5) is 16.3 Å². The van der Waals surface area contributed by atoms with Crippen LogP contribution in [0.3, 0.4) is 0 Å². The number of hydrogen-bond donors (Lipinski definition) is 3. The second kappa shape index (κ2) is 6.93. The standard InChI is InChI=1S/C15H21N5OS/c16-14-11-4-9-22-13(11)12(10-18-14)19-15(21)17-5-8-20-6-2-1-3-7-20/h4,9-10H,1-3,5-8H2,(H2,16,18)(H2,17,19,21). The first-order valence-corrected chi connectivity index (χ1v) is 8.51. The zero-order valence-corrected chi connectivity index (χ0v) is 13.3. The van der Waals surface area contributed by atoms with Gasteiger partial charge in [-0.05, 0) is 37.4 Å². The Morgan fingerprint density at radius 2 is 2.18 bits per heavy atom. The minimum Gasteiger partial charge on any atom is -0.383 e. The van der Waals surface area contributed by atoms with Gasteiger partial charge in [0.15, 0.2) is 0 Å². The summed E-state index contributed by atoms with van der Waals surface area (Å²) in [6.07, 6.45) is 5.46. The highest BCUT2D eigenvalue weighted by atomic mass is 32.1. The van der Waals surface area contributed by atoms with E-state index in [9.17, 15) is 4.79 Å². The van der Waals surface area contributed by atoms with Crippen molar-refractivity contribution in [2.45, 2.75) is 19.3 Å². The van der Waals surface area contributed by atoms with Crippen molar-refractivity contribution in [1.82, 2.24) is 15.2 Å². The number of anilines is 2. The smallest absolute Gasteiger partial charge is 0.319 e. The average Bonchev–Trinajstić information content (AvgIpc) is 3.02. The molecule has 0 unspecified atom stereocenters. The van der Waals surface area contributed by atoms with Crippen molar-refractivity contribution in [3.63, 3.8) is 0 Å². The molecule has 0 aliphatic carbocycles. The van der Waals surface area contributed by atoms with E-state index >= 15 is 0 Å². The van der Waals surface area contributed by atoms with Gasteiger partial charge >= 0.3 is 6.03 Å². The molecule has 0 bridgehead atoms. The molecule has 6 nitrogen and oxygen atoms in total. The van der Waals surface area contributed by atoms with Gasteiger partial charge in [-0.1, -0.05) is 6.42 Å². The lowest BCUT2D eigenvalue weighted by molar-refractivity contribution is 0.224. The Morgan fingerprint density at radius 3 is 3.00 bits per heavy atom. The number of carbonyl (C=O) groups excluding carboxylic acids is 1. The predicted molar refractivity (Wildman–Crippen MR) is 91.3 cm³/mol. The molecule has 3 heterocycles. The molecule has 2 amide bonds. The van der Waals surface area contributed by atoms with E-state index < -0.39 is 0 Å². The highest BCUT2D eigenvalue weighted by molar-refractivity contribution is 7.18. The summed E-state index contributed by atoms with van der Waals surface area (Å²) in [5.41, 5.74) is 6.53. The average molecular weight is 319 g/mol. The largest absolute Gasteiger partial charge is 0.383 e. The number of carbonyl (C=O) groups is 1. The predicted octanol–water partition coefficient (Wildman–Crippen LogP) is 2.49. The van der Waals surface area contributed by atoms with Crippen LogP contribution in [0.1, 0.15) is 19.3 Å². The van der Waals surface area contributed by atoms with Crippen molar-refractivity contribution >= 4 is 39.0 Å². The molecule has 2 aromatic heterocycles. The first kappa shape index (κ1) is 15.1. The topological polar surface area (TPSA) is 83.3 Å². The van der Waals surface area contributed by atoms with Crippen molar-refractivity contribution in [3.05, 3.63) is 17.6 Å². The van der Waals surface area contributed by atoms with Crippen molar-refractivity contribution in [1.29, 1.82) is 0 Å². The number of thiophene rings is 1. The summed E-state index contributed by atoms with van der Waals surface area (Å²) in [5.74, 6) is 0.493. The third-order valence-corrected chi connectivity index (χ3v) is 4.88. The van der Waals surface area contributed by atoms with Gasteiger partial charge in [-0.2, -0.15) is 0 Å². The maximum atomic E-state index is 12.0. The number of nitrogen functional groups attached to an aromatic ring is 1. The molecule has 3 rings (SSSR count). The Hall–Kier alpha value is -1.86. The Kier molecular flexibility index (Phi) is 4.74. The molecule has 1 aliphatic heterocycles. The summed E-state index contributed by atoms with van der Waals surface area (Å²) >= 11 is 1.55. The Labute approximate surface area is 133 Å². The molecule has 2 aromatic rings. The fourth-order valence-electron chi connectivity index (χ4n) is 2.75. The van der Waals surface area contributed by atoms with E-state index in [4.69, 9.17) is 5.73 Å². The van der Waals surface area contributed by atoms with Gasteiger partial charge in [0, 0.05) is 18.5 Å². The van der Waals surface area contributed by atoms with E-state index in [-0.39, 0.29) is 6.03 Å². The first-order valence-electron chi connectivity index (χ1n) is 7.63. The van der Waals surface area contributed by atoms with Crippen molar-refractivity contribution in [2.75, 3.05) is 37.2 Å². The molecule has 4 N–H and O–H groups in total. The number of pyridine rings is 1. The molecule has 1 aliphatic rings. The number of nitrogens with zero attached hydrogens (tertiary/aromatic N) is 2. The van der Waals surface area contributed by atoms with Gasteiger partial charge in [0.2, 0.25) is 0 Å². The van der Waals surface area contributed by atoms with Gasteiger partial charge in [-0.3, -0.25) is 0 Å². The van der Waals surface area contributed by atoms with Crippen molar-refractivity contribution < 1.29 is 4.79 Å². The molecule has 1 saturated heterocycles. The minimum absolute atomic E-state index is 0.196. The van der Waals surface area contributed by atoms with Crippen LogP contribution in [0.2, 0.25) is 0 Å². The normalized spacial score (nSPS) is 15.8. The third-order valence-electron chi connectivity index (χ3n) is 3.93. The third kappa shape index (κ3) is 3.48. The quantitative estimate of drug-likeness (QED) is 0.808. The number of nitrogens with two attached hydrogens (primary N) is 1. The molecule has 118 valence electrons. The van der Waals surface area contributed by atoms with Crippen LogP contribution in [0.15, 0.2) is 17.6 Å². The molecule has 0 atom stereocenters. The SMILES string of the molecule is Nc1ncc(NC(=O)NCCN2CCCCC2)c2sccc12. The summed E-state index contributed by atoms with van der Waals surface area (Å²) in [4.78, 5) is 18.5. The van der Waals surface area contributed by atoms with E-state index in [1.165, 1.54) is 19.3 Å². The summed E-state index contributed by atoms with van der Waals surface area (Å²) < 4.78 is 0.957. The van der Waals surface area contributed by atoms with Crippen LogP contribution in [0.5, 0.6) is 0 Å². The molecule has 7 heteroatoms. The van der Waals surface area contributed by atoms with E-state index in [0.717, 1.165) is 29.7 Å². The number of rotatable bonds is 4. The lowest BCUT2D eigenvalue weighted by atomic mass is 10.1. The van der Waals surface area contributed by atoms with Gasteiger partial charge in [-0.15, -0.1) is 11.3 Å². The van der Waals surface area contributed by atoms with Gasteiger partial charge in [0.05, 0.1) is 16.6 Å². The lowest BCUT2D eigenvalue weighted by Crippen LogP contribution is -2.39. The van der Waals surface area contributed by atoms with Crippen LogP contribution >= 0.6 is 11.3 Å². The zero-order valence-electron chi connectivity index (χ0n) is 12.5. The fourth-order valence-corrected chi connectivity index (χ4v) is 3.62. The number of hydrogen-bond acceptors (Lipinski definition) is 5. The Morgan fingerprint density at radius 1 is 1.36 bits per heavy atom. The second-order valence-corrected chi connectivity index (χ2v) is 6.42. The number of fused-ring (bicyclic) bond motifs is 1. The summed E-state index contributed by atoms with van der Waals surface area (Å²) in [6, 6.07) is 1.72. The highest BCUT2D eigenvalue weighted by Gasteiger charge is 2.11. The molecular formula is C15H21N5OS. The number of nitrogens with one attached hydrogen (secondary N) is 2. The van der Waals surface area contributed by atoms with Gasteiger partial charge in [0.1, 0.15) is 5.82 Å². The fraction of sp³-hybridized carbons (Fsp3) is 0.467. The maximum Gasteiger partial charge on any atom is 0.319 e. The van der Waals surface area contributed by atoms with Crippen LogP contribution in [-0.4, -0.2) is 42.1 Å². The van der Waals surface area contributed by atoms with Crippen LogP contribution < -0.4 is 16.4 Å². The van der Waals surface area contributed by atoms with Crippen LogP contribution in [0.25, 0.3) is 10.1 Å². The Bertz CT molecular complexity index is 650. The van der Waals surface area contributed by atoms with E-state index in [0.29, 0.717) is 18.1 Å². The van der Waals surface area contributed by atoms with E-state index in [1.54, 1.807) is 17.5 Å². The maximum absolute atomic E-state index is 12.0. The second-order valence-electron chi connectivity index (χ2n) is 5.50. The molecule has 0 saturated carbocycles. The van der Waals surface area contributed by atoms with Crippen molar-refractivity contribution in [2.24, 2.45) is 0 Å². The van der Waals surface area contributed by atoms with Crippen LogP contribution in [-0.2, 0) is 0 Å². The summed E-state index contributed by atoms with van der Waals surface area (Å²) in [7, 11) is 0. The minimum atomic E-state index is -0.196. The molecule has 22 heavy (non-hydrogen) atoms. The molecule has 0 spiro atoms. The van der Waals surface area contributed by atoms with Gasteiger partial charge in [0.25, 0.3) is 0 Å². The number of amides is 2. The van der Waals surface area contributed by atoms with Gasteiger partial charge in [-0.25, -0.2) is 9.78 Å². The summed E-state index contributed by atoms with van der Waals surface area (Å²) in [6.45, 7) is 3.84. The molecule has 0 radical (unpaired) electrons. The first-order chi connectivity index (χ1) is 10.7. The Balaban J connectivity index is 1.52. The van der Waals surface area contributed by atoms with Crippen molar-refractivity contribution in [3.8, 4) is 0 Å². The van der Waals surface area contributed by atoms with E-state index in [2.05, 4.69) is 20.5 Å². The van der Waals surface area contributed by atoms with E-state index in [1.807, 2.05) is 11.4 Å². The lowest BCUT2D eigenvalue weighted by Gasteiger charge is -2.26. The molecular weight excluding hydrogens is 298 g/mol. The van der Waals surface area contributed by atoms with Crippen LogP contribution in [0, 0.1) is 0 Å². The highest BCUT2D eigenvalue weighted by Crippen LogP contribution is 2.31. The molecule has 1 fully saturated rings. The zero-order chi connectivity index (χ0) is 15.4. The number of piperidine rings is 1. The number of aromatic nitrogens is 1. The van der Waals surface area contributed by atoms with Gasteiger partial charge < -0.3 is 21.3 Å².